The van der Waals surface area contributed by atoms with Gasteiger partial charge in [-0.2, -0.15) is 0 Å². The molecule has 0 bridgehead atoms. The van der Waals surface area contributed by atoms with Gasteiger partial charge in [-0.25, -0.2) is 13.7 Å². The second-order valence-electron chi connectivity index (χ2n) is 6.88. The fourth-order valence-corrected chi connectivity index (χ4v) is 4.51. The van der Waals surface area contributed by atoms with E-state index in [0.717, 1.165) is 31.0 Å². The largest absolute Gasteiger partial charge is 0.396 e. The molecule has 0 aliphatic carbocycles. The summed E-state index contributed by atoms with van der Waals surface area (Å²) in [5.41, 5.74) is -0.00807. The van der Waals surface area contributed by atoms with Gasteiger partial charge in [0.1, 0.15) is 17.3 Å². The number of hydrogen-bond donors (Lipinski definition) is 1. The number of amides is 2. The molecule has 2 aliphatic heterocycles. The molecule has 5 nitrogen and oxygen atoms in total. The van der Waals surface area contributed by atoms with Gasteiger partial charge < -0.3 is 10.0 Å². The third kappa shape index (κ3) is 3.12. The second-order valence-corrected chi connectivity index (χ2v) is 7.83. The van der Waals surface area contributed by atoms with E-state index in [1.165, 1.54) is 11.3 Å². The molecule has 2 aromatic rings. The number of thiophene rings is 1. The number of anilines is 1. The Kier molecular flexibility index (Phi) is 4.99. The Morgan fingerprint density at radius 2 is 2.00 bits per heavy atom. The zero-order valence-corrected chi connectivity index (χ0v) is 15.7. The maximum atomic E-state index is 14.3. The van der Waals surface area contributed by atoms with E-state index in [1.54, 1.807) is 22.4 Å². The van der Waals surface area contributed by atoms with Crippen molar-refractivity contribution in [1.29, 1.82) is 0 Å². The van der Waals surface area contributed by atoms with Gasteiger partial charge in [-0.3, -0.25) is 9.59 Å². The average Bonchev–Trinajstić information content (AvgIpc) is 3.30. The van der Waals surface area contributed by atoms with Gasteiger partial charge in [0.05, 0.1) is 11.3 Å². The van der Waals surface area contributed by atoms with Gasteiger partial charge in [0.15, 0.2) is 0 Å². The van der Waals surface area contributed by atoms with Crippen molar-refractivity contribution >= 4 is 34.4 Å². The van der Waals surface area contributed by atoms with Crippen LogP contribution in [0.4, 0.5) is 14.5 Å². The lowest BCUT2D eigenvalue weighted by Gasteiger charge is -2.34. The van der Waals surface area contributed by atoms with E-state index in [-0.39, 0.29) is 23.8 Å². The SMILES string of the molecule is O=C1C(c2cccs2)=C(N2CCCC(CO)C2)C(=O)N1c1cc(F)ccc1F. The fraction of sp³-hybridized carbons (Fsp3) is 0.300. The highest BCUT2D eigenvalue weighted by molar-refractivity contribution is 7.11. The van der Waals surface area contributed by atoms with Gasteiger partial charge >= 0.3 is 0 Å². The molecule has 1 aromatic carbocycles. The number of aliphatic hydroxyl groups excluding tert-OH is 1. The first kappa shape index (κ1) is 18.8. The van der Waals surface area contributed by atoms with Crippen LogP contribution in [-0.4, -0.2) is 41.5 Å². The number of carbonyl (C=O) groups is 2. The molecular formula is C20H18F2N2O3S. The number of hydrogen-bond acceptors (Lipinski definition) is 5. The number of halogens is 2. The average molecular weight is 404 g/mol. The van der Waals surface area contributed by atoms with Gasteiger partial charge in [0.2, 0.25) is 0 Å². The quantitative estimate of drug-likeness (QED) is 0.796. The van der Waals surface area contributed by atoms with E-state index < -0.39 is 29.1 Å². The van der Waals surface area contributed by atoms with Crippen LogP contribution in [-0.2, 0) is 9.59 Å². The number of imide groups is 1. The van der Waals surface area contributed by atoms with Gasteiger partial charge in [-0.1, -0.05) is 6.07 Å². The molecule has 2 aliphatic rings. The summed E-state index contributed by atoms with van der Waals surface area (Å²) in [5, 5.41) is 11.3. The standard InChI is InChI=1S/C20H18F2N2O3S/c21-13-5-6-14(22)15(9-13)24-19(26)17(16-4-2-8-28-16)18(20(24)27)23-7-1-3-12(10-23)11-25/h2,4-6,8-9,12,25H,1,3,7,10-11H2. The number of likely N-dealkylation sites (tertiary alicyclic amines) is 1. The highest BCUT2D eigenvalue weighted by atomic mass is 32.1. The summed E-state index contributed by atoms with van der Waals surface area (Å²) in [6, 6.07) is 6.18. The molecule has 0 saturated carbocycles. The normalized spacial score (nSPS) is 20.5. The number of aliphatic hydroxyl groups is 1. The van der Waals surface area contributed by atoms with Crippen LogP contribution in [0.5, 0.6) is 0 Å². The number of carbonyl (C=O) groups excluding carboxylic acids is 2. The third-order valence-corrected chi connectivity index (χ3v) is 5.96. The van der Waals surface area contributed by atoms with Crippen molar-refractivity contribution in [3.63, 3.8) is 0 Å². The monoisotopic (exact) mass is 404 g/mol. The van der Waals surface area contributed by atoms with Crippen LogP contribution < -0.4 is 4.90 Å². The van der Waals surface area contributed by atoms with Crippen molar-refractivity contribution in [2.24, 2.45) is 5.92 Å². The third-order valence-electron chi connectivity index (χ3n) is 5.07. The molecule has 8 heteroatoms. The van der Waals surface area contributed by atoms with Gasteiger partial charge in [-0.15, -0.1) is 11.3 Å². The minimum Gasteiger partial charge on any atom is -0.396 e. The molecule has 0 spiro atoms. The van der Waals surface area contributed by atoms with Crippen molar-refractivity contribution < 1.29 is 23.5 Å². The summed E-state index contributed by atoms with van der Waals surface area (Å²) in [7, 11) is 0. The topological polar surface area (TPSA) is 60.9 Å². The van der Waals surface area contributed by atoms with Crippen molar-refractivity contribution in [3.8, 4) is 0 Å². The summed E-state index contributed by atoms with van der Waals surface area (Å²) >= 11 is 1.30. The Balaban J connectivity index is 1.81. The molecule has 2 amide bonds. The summed E-state index contributed by atoms with van der Waals surface area (Å²) in [6.45, 7) is 0.973. The van der Waals surface area contributed by atoms with Gasteiger partial charge in [0.25, 0.3) is 11.8 Å². The first-order chi connectivity index (χ1) is 13.5. The smallest absolute Gasteiger partial charge is 0.282 e. The Morgan fingerprint density at radius 3 is 2.71 bits per heavy atom. The molecule has 1 fully saturated rings. The van der Waals surface area contributed by atoms with E-state index in [2.05, 4.69) is 0 Å². The Hall–Kier alpha value is -2.58. The molecular weight excluding hydrogens is 386 g/mol. The van der Waals surface area contributed by atoms with Gasteiger partial charge in [0, 0.05) is 30.6 Å². The van der Waals surface area contributed by atoms with Crippen LogP contribution >= 0.6 is 11.3 Å². The Morgan fingerprint density at radius 1 is 1.18 bits per heavy atom. The molecule has 1 atom stereocenters. The Labute approximate surface area is 164 Å². The van der Waals surface area contributed by atoms with E-state index >= 15 is 0 Å². The fourth-order valence-electron chi connectivity index (χ4n) is 3.75. The van der Waals surface area contributed by atoms with E-state index in [4.69, 9.17) is 0 Å². The molecule has 1 unspecified atom stereocenters. The maximum absolute atomic E-state index is 14.3. The number of nitrogens with zero attached hydrogens (tertiary/aromatic N) is 2. The number of benzene rings is 1. The lowest BCUT2D eigenvalue weighted by atomic mass is 9.98. The first-order valence-corrected chi connectivity index (χ1v) is 9.87. The Bertz CT molecular complexity index is 958. The maximum Gasteiger partial charge on any atom is 0.282 e. The number of piperidine rings is 1. The molecule has 1 N–H and O–H groups in total. The second kappa shape index (κ2) is 7.44. The van der Waals surface area contributed by atoms with Crippen LogP contribution in [0, 0.1) is 17.6 Å². The summed E-state index contributed by atoms with van der Waals surface area (Å²) in [6.07, 6.45) is 1.60. The molecule has 3 heterocycles. The molecule has 0 radical (unpaired) electrons. The summed E-state index contributed by atoms with van der Waals surface area (Å²) < 4.78 is 28.1. The highest BCUT2D eigenvalue weighted by Gasteiger charge is 2.44. The summed E-state index contributed by atoms with van der Waals surface area (Å²) in [5.74, 6) is -2.92. The molecule has 1 aromatic heterocycles. The van der Waals surface area contributed by atoms with Crippen molar-refractivity contribution in [2.75, 3.05) is 24.6 Å². The zero-order valence-electron chi connectivity index (χ0n) is 14.9. The minimum absolute atomic E-state index is 0.00584. The highest BCUT2D eigenvalue weighted by Crippen LogP contribution is 2.38. The predicted molar refractivity (Wildman–Crippen MR) is 101 cm³/mol. The lowest BCUT2D eigenvalue weighted by molar-refractivity contribution is -0.121. The van der Waals surface area contributed by atoms with Crippen LogP contribution in [0.25, 0.3) is 5.57 Å². The van der Waals surface area contributed by atoms with Gasteiger partial charge in [-0.05, 0) is 42.3 Å². The lowest BCUT2D eigenvalue weighted by Crippen LogP contribution is -2.40. The summed E-state index contributed by atoms with van der Waals surface area (Å²) in [4.78, 5) is 29.5. The van der Waals surface area contributed by atoms with Crippen LogP contribution in [0.2, 0.25) is 0 Å². The minimum atomic E-state index is -0.846. The zero-order chi connectivity index (χ0) is 19.8. The molecule has 4 rings (SSSR count). The van der Waals surface area contributed by atoms with Crippen molar-refractivity contribution in [2.45, 2.75) is 12.8 Å². The van der Waals surface area contributed by atoms with E-state index in [1.807, 2.05) is 0 Å². The molecule has 28 heavy (non-hydrogen) atoms. The van der Waals surface area contributed by atoms with Crippen molar-refractivity contribution in [3.05, 3.63) is 57.9 Å². The van der Waals surface area contributed by atoms with Crippen LogP contribution in [0.3, 0.4) is 0 Å². The molecule has 1 saturated heterocycles. The number of rotatable bonds is 4. The first-order valence-electron chi connectivity index (χ1n) is 8.99. The predicted octanol–water partition coefficient (Wildman–Crippen LogP) is 3.02. The van der Waals surface area contributed by atoms with Crippen molar-refractivity contribution in [1.82, 2.24) is 4.90 Å². The van der Waals surface area contributed by atoms with E-state index in [9.17, 15) is 23.5 Å². The van der Waals surface area contributed by atoms with E-state index in [0.29, 0.717) is 22.9 Å². The van der Waals surface area contributed by atoms with Crippen LogP contribution in [0.15, 0.2) is 41.4 Å². The van der Waals surface area contributed by atoms with Crippen LogP contribution in [0.1, 0.15) is 17.7 Å². The molecule has 146 valence electrons.